The van der Waals surface area contributed by atoms with Gasteiger partial charge in [0.2, 0.25) is 0 Å². The molecule has 198 valence electrons. The number of carboxylic acid groups (broad SMARTS) is 1. The number of anilines is 2. The monoisotopic (exact) mass is 516 g/mol. The van der Waals surface area contributed by atoms with Gasteiger partial charge in [-0.15, -0.1) is 10.2 Å². The van der Waals surface area contributed by atoms with Crippen molar-refractivity contribution in [1.82, 2.24) is 29.6 Å². The molecule has 1 atom stereocenters. The predicted octanol–water partition coefficient (Wildman–Crippen LogP) is 3.68. The van der Waals surface area contributed by atoms with Gasteiger partial charge in [-0.25, -0.2) is 14.8 Å². The lowest BCUT2D eigenvalue weighted by Gasteiger charge is -2.24. The number of carbonyl (C=O) groups is 2. The van der Waals surface area contributed by atoms with E-state index in [1.807, 2.05) is 24.3 Å². The van der Waals surface area contributed by atoms with Crippen molar-refractivity contribution in [2.75, 3.05) is 23.4 Å². The zero-order valence-electron chi connectivity index (χ0n) is 22.2. The van der Waals surface area contributed by atoms with E-state index in [-0.39, 0.29) is 24.5 Å². The largest absolute Gasteiger partial charge is 0.465 e. The lowest BCUT2D eigenvalue weighted by atomic mass is 10.0. The number of pyridine rings is 2. The normalized spacial score (nSPS) is 19.7. The Morgan fingerprint density at radius 2 is 2.03 bits per heavy atom. The highest BCUT2D eigenvalue weighted by Gasteiger charge is 2.37. The van der Waals surface area contributed by atoms with Gasteiger partial charge in [0.15, 0.2) is 5.82 Å². The summed E-state index contributed by atoms with van der Waals surface area (Å²) in [6.45, 7) is 7.73. The lowest BCUT2D eigenvalue weighted by molar-refractivity contribution is 0.0996. The van der Waals surface area contributed by atoms with Crippen molar-refractivity contribution in [3.8, 4) is 11.5 Å². The van der Waals surface area contributed by atoms with Crippen LogP contribution in [-0.4, -0.2) is 66.4 Å². The minimum absolute atomic E-state index is 0.100. The summed E-state index contributed by atoms with van der Waals surface area (Å²) in [5, 5.41) is 18.3. The van der Waals surface area contributed by atoms with Crippen LogP contribution in [-0.2, 0) is 25.0 Å². The van der Waals surface area contributed by atoms with Gasteiger partial charge < -0.3 is 19.5 Å². The first-order valence-corrected chi connectivity index (χ1v) is 13.1. The van der Waals surface area contributed by atoms with Crippen LogP contribution >= 0.6 is 0 Å². The maximum Gasteiger partial charge on any atom is 0.407 e. The van der Waals surface area contributed by atoms with Crippen molar-refractivity contribution in [3.05, 3.63) is 46.9 Å². The van der Waals surface area contributed by atoms with Gasteiger partial charge in [-0.3, -0.25) is 9.69 Å². The molecule has 0 aromatic carbocycles. The van der Waals surface area contributed by atoms with E-state index in [0.29, 0.717) is 34.6 Å². The van der Waals surface area contributed by atoms with E-state index >= 15 is 0 Å². The Kier molecular flexibility index (Phi) is 5.62. The SMILES string of the molecule is CC1CCCN1c1cc2c(c(CN(C)C(=O)O)n1)CN(c1cccc(-c3nnc4n3C(C)(C)CC4)n1)C2=O. The number of hydrogen-bond donors (Lipinski definition) is 1. The highest BCUT2D eigenvalue weighted by atomic mass is 16.4. The van der Waals surface area contributed by atoms with Gasteiger partial charge in [-0.05, 0) is 58.2 Å². The van der Waals surface area contributed by atoms with Crippen LogP contribution in [0.15, 0.2) is 24.3 Å². The third-order valence-electron chi connectivity index (χ3n) is 8.08. The minimum atomic E-state index is -1.04. The number of rotatable bonds is 5. The summed E-state index contributed by atoms with van der Waals surface area (Å²) < 4.78 is 2.15. The summed E-state index contributed by atoms with van der Waals surface area (Å²) in [4.78, 5) is 40.2. The number of aromatic nitrogens is 5. The van der Waals surface area contributed by atoms with Gasteiger partial charge in [-0.1, -0.05) is 6.07 Å². The molecule has 0 aliphatic carbocycles. The second-order valence-corrected chi connectivity index (χ2v) is 11.1. The van der Waals surface area contributed by atoms with Crippen molar-refractivity contribution in [2.45, 2.75) is 71.1 Å². The number of carbonyl (C=O) groups excluding carboxylic acids is 1. The average Bonchev–Trinajstić information content (AvgIpc) is 3.65. The highest BCUT2D eigenvalue weighted by Crippen LogP contribution is 2.37. The van der Waals surface area contributed by atoms with Crippen LogP contribution < -0.4 is 9.80 Å². The molecule has 3 aromatic rings. The fraction of sp³-hybridized carbons (Fsp3) is 0.481. The molecule has 38 heavy (non-hydrogen) atoms. The van der Waals surface area contributed by atoms with Crippen LogP contribution in [0.5, 0.6) is 0 Å². The standard InChI is InChI=1S/C27H32N8O3/c1-16-7-6-12-33(16)23-13-17-18(20(29-23)15-32(4)26(37)38)14-34(25(17)36)21-9-5-8-19(28-21)24-31-30-22-10-11-27(2,3)35(22)24/h5,8-9,13,16H,6-7,10-12,14-15H2,1-4H3,(H,37,38). The smallest absolute Gasteiger partial charge is 0.407 e. The fourth-order valence-corrected chi connectivity index (χ4v) is 5.89. The van der Waals surface area contributed by atoms with E-state index < -0.39 is 6.09 Å². The second-order valence-electron chi connectivity index (χ2n) is 11.1. The maximum absolute atomic E-state index is 13.8. The third-order valence-corrected chi connectivity index (χ3v) is 8.08. The third kappa shape index (κ3) is 3.88. The average molecular weight is 517 g/mol. The number of fused-ring (bicyclic) bond motifs is 2. The molecule has 3 aliphatic rings. The Morgan fingerprint density at radius 3 is 2.76 bits per heavy atom. The molecule has 3 aromatic heterocycles. The van der Waals surface area contributed by atoms with Crippen LogP contribution in [0.1, 0.15) is 67.5 Å². The molecule has 2 amide bonds. The first kappa shape index (κ1) is 24.3. The summed E-state index contributed by atoms with van der Waals surface area (Å²) in [7, 11) is 1.51. The van der Waals surface area contributed by atoms with Crippen molar-refractivity contribution in [3.63, 3.8) is 0 Å². The Hall–Kier alpha value is -4.02. The molecular formula is C27H32N8O3. The first-order chi connectivity index (χ1) is 18.1. The Morgan fingerprint density at radius 1 is 1.21 bits per heavy atom. The molecule has 6 rings (SSSR count). The second kappa shape index (κ2) is 8.78. The van der Waals surface area contributed by atoms with E-state index in [9.17, 15) is 14.7 Å². The van der Waals surface area contributed by atoms with E-state index in [2.05, 4.69) is 40.4 Å². The predicted molar refractivity (Wildman–Crippen MR) is 141 cm³/mol. The van der Waals surface area contributed by atoms with Gasteiger partial charge in [0.25, 0.3) is 5.91 Å². The van der Waals surface area contributed by atoms with Crippen LogP contribution in [0, 0.1) is 0 Å². The van der Waals surface area contributed by atoms with Crippen molar-refractivity contribution >= 4 is 23.6 Å². The number of nitrogens with zero attached hydrogens (tertiary/aromatic N) is 8. The first-order valence-electron chi connectivity index (χ1n) is 13.1. The molecule has 0 radical (unpaired) electrons. The van der Waals surface area contributed by atoms with Gasteiger partial charge >= 0.3 is 6.09 Å². The molecule has 1 saturated heterocycles. The lowest BCUT2D eigenvalue weighted by Crippen LogP contribution is -2.29. The molecule has 1 N–H and O–H groups in total. The Balaban J connectivity index is 1.38. The van der Waals surface area contributed by atoms with E-state index in [1.54, 1.807) is 4.90 Å². The van der Waals surface area contributed by atoms with Crippen LogP contribution in [0.25, 0.3) is 11.5 Å². The molecule has 0 saturated carbocycles. The molecular weight excluding hydrogens is 484 g/mol. The number of amides is 2. The Bertz CT molecular complexity index is 1450. The minimum Gasteiger partial charge on any atom is -0.465 e. The molecule has 1 unspecified atom stereocenters. The van der Waals surface area contributed by atoms with Crippen molar-refractivity contribution < 1.29 is 14.7 Å². The molecule has 6 heterocycles. The summed E-state index contributed by atoms with van der Waals surface area (Å²) in [6, 6.07) is 7.77. The van der Waals surface area contributed by atoms with E-state index in [1.165, 1.54) is 11.9 Å². The molecule has 1 fully saturated rings. The van der Waals surface area contributed by atoms with Gasteiger partial charge in [0.05, 0.1) is 24.3 Å². The van der Waals surface area contributed by atoms with Gasteiger partial charge in [-0.2, -0.15) is 0 Å². The summed E-state index contributed by atoms with van der Waals surface area (Å²) in [6.07, 6.45) is 2.94. The Labute approximate surface area is 221 Å². The zero-order chi connectivity index (χ0) is 26.8. The maximum atomic E-state index is 13.8. The van der Waals surface area contributed by atoms with Crippen LogP contribution in [0.4, 0.5) is 16.4 Å². The van der Waals surface area contributed by atoms with E-state index in [4.69, 9.17) is 9.97 Å². The number of hydrogen-bond acceptors (Lipinski definition) is 7. The van der Waals surface area contributed by atoms with Crippen molar-refractivity contribution in [2.24, 2.45) is 0 Å². The van der Waals surface area contributed by atoms with E-state index in [0.717, 1.165) is 49.4 Å². The van der Waals surface area contributed by atoms with Gasteiger partial charge in [0.1, 0.15) is 23.2 Å². The summed E-state index contributed by atoms with van der Waals surface area (Å²) in [5.41, 5.74) is 2.46. The van der Waals surface area contributed by atoms with Gasteiger partial charge in [0, 0.05) is 37.2 Å². The molecule has 0 bridgehead atoms. The number of aryl methyl sites for hydroxylation is 1. The quantitative estimate of drug-likeness (QED) is 0.545. The van der Waals surface area contributed by atoms with Crippen LogP contribution in [0.3, 0.4) is 0 Å². The molecule has 3 aliphatic heterocycles. The molecule has 0 spiro atoms. The van der Waals surface area contributed by atoms with Crippen molar-refractivity contribution in [1.29, 1.82) is 0 Å². The zero-order valence-corrected chi connectivity index (χ0v) is 22.2. The molecule has 11 nitrogen and oxygen atoms in total. The summed E-state index contributed by atoms with van der Waals surface area (Å²) in [5.74, 6) is 2.73. The fourth-order valence-electron chi connectivity index (χ4n) is 5.89. The van der Waals surface area contributed by atoms with Crippen LogP contribution in [0.2, 0.25) is 0 Å². The summed E-state index contributed by atoms with van der Waals surface area (Å²) >= 11 is 0. The topological polar surface area (TPSA) is 121 Å². The molecule has 11 heteroatoms. The highest BCUT2D eigenvalue weighted by molar-refractivity contribution is 6.10.